The number of thiazole rings is 1. The lowest BCUT2D eigenvalue weighted by atomic mass is 10.4. The van der Waals surface area contributed by atoms with Crippen LogP contribution in [0.4, 0.5) is 10.8 Å². The number of hydrazine groups is 1. The maximum absolute atomic E-state index is 12.1. The molecule has 0 saturated carbocycles. The molecule has 0 aliphatic carbocycles. The topological polar surface area (TPSA) is 110 Å². The summed E-state index contributed by atoms with van der Waals surface area (Å²) in [4.78, 5) is 8.65. The minimum Gasteiger partial charge on any atom is -0.321 e. The molecule has 2 aromatic heterocycles. The van der Waals surface area contributed by atoms with Gasteiger partial charge in [0.05, 0.1) is 5.69 Å². The van der Waals surface area contributed by atoms with Crippen molar-refractivity contribution in [1.82, 2.24) is 9.97 Å². The van der Waals surface area contributed by atoms with Gasteiger partial charge in [-0.3, -0.25) is 10.6 Å². The van der Waals surface area contributed by atoms with Crippen molar-refractivity contribution in [3.05, 3.63) is 29.4 Å². The maximum atomic E-state index is 12.1. The summed E-state index contributed by atoms with van der Waals surface area (Å²) in [5, 5.41) is 0.126. The van der Waals surface area contributed by atoms with Crippen LogP contribution in [0.1, 0.15) is 4.88 Å². The van der Waals surface area contributed by atoms with Gasteiger partial charge in [-0.1, -0.05) is 0 Å². The van der Waals surface area contributed by atoms with E-state index in [-0.39, 0.29) is 10.7 Å². The fraction of sp³-hybridized carbons (Fsp3) is 0.111. The summed E-state index contributed by atoms with van der Waals surface area (Å²) in [7, 11) is -3.80. The number of aryl methyl sites for hydroxylation is 1. The first-order valence-electron chi connectivity index (χ1n) is 4.90. The fourth-order valence-electron chi connectivity index (χ4n) is 1.28. The molecule has 4 N–H and O–H groups in total. The zero-order valence-corrected chi connectivity index (χ0v) is 11.0. The van der Waals surface area contributed by atoms with Crippen molar-refractivity contribution in [3.63, 3.8) is 0 Å². The number of anilines is 2. The van der Waals surface area contributed by atoms with E-state index in [0.29, 0.717) is 5.13 Å². The van der Waals surface area contributed by atoms with Gasteiger partial charge in [0.25, 0.3) is 10.0 Å². The van der Waals surface area contributed by atoms with Gasteiger partial charge in [-0.2, -0.15) is 8.42 Å². The second-order valence-corrected chi connectivity index (χ2v) is 6.21. The highest BCUT2D eigenvalue weighted by Crippen LogP contribution is 2.23. The molecule has 9 heteroatoms. The van der Waals surface area contributed by atoms with Gasteiger partial charge in [0, 0.05) is 17.3 Å². The number of aromatic nitrogens is 2. The summed E-state index contributed by atoms with van der Waals surface area (Å²) in [5.41, 5.74) is 2.51. The van der Waals surface area contributed by atoms with Crippen LogP contribution in [-0.2, 0) is 10.0 Å². The summed E-state index contributed by atoms with van der Waals surface area (Å²) < 4.78 is 26.5. The van der Waals surface area contributed by atoms with Gasteiger partial charge in [0.2, 0.25) is 5.03 Å². The third-order valence-corrected chi connectivity index (χ3v) is 4.28. The lowest BCUT2D eigenvalue weighted by Crippen LogP contribution is -2.18. The molecule has 0 fully saturated rings. The van der Waals surface area contributed by atoms with Gasteiger partial charge < -0.3 is 5.43 Å². The molecule has 0 amide bonds. The molecule has 0 unspecified atom stereocenters. The number of nitrogens with zero attached hydrogens (tertiary/aromatic N) is 2. The third kappa shape index (κ3) is 2.58. The van der Waals surface area contributed by atoms with Gasteiger partial charge in [-0.25, -0.2) is 9.97 Å². The highest BCUT2D eigenvalue weighted by atomic mass is 32.2. The van der Waals surface area contributed by atoms with Crippen molar-refractivity contribution in [3.8, 4) is 0 Å². The van der Waals surface area contributed by atoms with E-state index in [4.69, 9.17) is 5.84 Å². The molecule has 0 aliphatic heterocycles. The van der Waals surface area contributed by atoms with Gasteiger partial charge in [-0.15, -0.1) is 11.3 Å². The minimum atomic E-state index is -3.80. The summed E-state index contributed by atoms with van der Waals surface area (Å²) in [6, 6.07) is 3.11. The fourth-order valence-corrected chi connectivity index (χ4v) is 3.29. The number of sulfonamides is 1. The first-order chi connectivity index (χ1) is 8.53. The first-order valence-corrected chi connectivity index (χ1v) is 7.20. The van der Waals surface area contributed by atoms with E-state index in [0.717, 1.165) is 4.88 Å². The van der Waals surface area contributed by atoms with Crippen LogP contribution < -0.4 is 16.0 Å². The molecule has 2 heterocycles. The summed E-state index contributed by atoms with van der Waals surface area (Å²) in [6.45, 7) is 1.84. The molecule has 0 saturated heterocycles. The van der Waals surface area contributed by atoms with Crippen LogP contribution in [0, 0.1) is 6.92 Å². The Bertz CT molecular complexity index is 652. The monoisotopic (exact) mass is 285 g/mol. The Labute approximate surface area is 108 Å². The molecule has 7 nitrogen and oxygen atoms in total. The molecule has 0 spiro atoms. The molecule has 0 aliphatic rings. The molecule has 2 rings (SSSR count). The van der Waals surface area contributed by atoms with Crippen molar-refractivity contribution in [2.75, 3.05) is 10.1 Å². The Kier molecular flexibility index (Phi) is 3.45. The average molecular weight is 285 g/mol. The number of hydrogen-bond acceptors (Lipinski definition) is 7. The van der Waals surface area contributed by atoms with Gasteiger partial charge in [0.15, 0.2) is 5.13 Å². The zero-order valence-electron chi connectivity index (χ0n) is 9.41. The zero-order chi connectivity index (χ0) is 13.2. The number of pyridine rings is 1. The second kappa shape index (κ2) is 4.88. The Balaban J connectivity index is 2.36. The van der Waals surface area contributed by atoms with Crippen LogP contribution >= 0.6 is 11.3 Å². The van der Waals surface area contributed by atoms with Crippen LogP contribution in [-0.4, -0.2) is 18.4 Å². The normalized spacial score (nSPS) is 11.2. The van der Waals surface area contributed by atoms with E-state index in [9.17, 15) is 8.42 Å². The van der Waals surface area contributed by atoms with Crippen LogP contribution in [0.15, 0.2) is 29.6 Å². The Morgan fingerprint density at radius 1 is 1.39 bits per heavy atom. The molecular formula is C9H11N5O2S2. The molecule has 18 heavy (non-hydrogen) atoms. The van der Waals surface area contributed by atoms with E-state index in [1.54, 1.807) is 12.3 Å². The standard InChI is InChI=1S/C9H11N5O2S2/c1-6-5-12-9(17-6)14-18(15,16)8-7(13-10)3-2-4-11-8/h2-5,13H,10H2,1H3,(H,12,14). The average Bonchev–Trinajstić information content (AvgIpc) is 2.74. The third-order valence-electron chi connectivity index (χ3n) is 2.02. The number of nitrogens with two attached hydrogens (primary N) is 1. The SMILES string of the molecule is Cc1cnc(NS(=O)(=O)c2ncccc2NN)s1. The maximum Gasteiger partial charge on any atom is 0.283 e. The van der Waals surface area contributed by atoms with Crippen LogP contribution in [0.5, 0.6) is 0 Å². The van der Waals surface area contributed by atoms with E-state index in [1.165, 1.54) is 23.6 Å². The lowest BCUT2D eigenvalue weighted by Gasteiger charge is -2.08. The van der Waals surface area contributed by atoms with Crippen molar-refractivity contribution >= 4 is 32.2 Å². The number of hydrogen-bond donors (Lipinski definition) is 3. The Hall–Kier alpha value is -1.71. The highest BCUT2D eigenvalue weighted by Gasteiger charge is 2.21. The predicted octanol–water partition coefficient (Wildman–Crippen LogP) is 0.933. The molecule has 0 radical (unpaired) electrons. The predicted molar refractivity (Wildman–Crippen MR) is 69.7 cm³/mol. The lowest BCUT2D eigenvalue weighted by molar-refractivity contribution is 0.598. The van der Waals surface area contributed by atoms with E-state index >= 15 is 0 Å². The molecule has 96 valence electrons. The second-order valence-electron chi connectivity index (χ2n) is 3.38. The summed E-state index contributed by atoms with van der Waals surface area (Å²) >= 11 is 1.24. The summed E-state index contributed by atoms with van der Waals surface area (Å²) in [5.74, 6) is 5.25. The highest BCUT2D eigenvalue weighted by molar-refractivity contribution is 7.93. The van der Waals surface area contributed by atoms with E-state index < -0.39 is 10.0 Å². The number of rotatable bonds is 4. The number of nitrogen functional groups attached to an aromatic ring is 1. The molecule has 2 aromatic rings. The van der Waals surface area contributed by atoms with Gasteiger partial charge in [0.1, 0.15) is 0 Å². The minimum absolute atomic E-state index is 0.166. The van der Waals surface area contributed by atoms with Crippen LogP contribution in [0.25, 0.3) is 0 Å². The van der Waals surface area contributed by atoms with E-state index in [2.05, 4.69) is 20.1 Å². The van der Waals surface area contributed by atoms with Crippen molar-refractivity contribution in [2.24, 2.45) is 5.84 Å². The molecule has 0 bridgehead atoms. The Morgan fingerprint density at radius 2 is 2.17 bits per heavy atom. The smallest absolute Gasteiger partial charge is 0.283 e. The molecule has 0 aromatic carbocycles. The van der Waals surface area contributed by atoms with Gasteiger partial charge in [-0.05, 0) is 19.1 Å². The Morgan fingerprint density at radius 3 is 2.78 bits per heavy atom. The van der Waals surface area contributed by atoms with Crippen LogP contribution in [0.3, 0.4) is 0 Å². The van der Waals surface area contributed by atoms with Gasteiger partial charge >= 0.3 is 0 Å². The van der Waals surface area contributed by atoms with Crippen molar-refractivity contribution < 1.29 is 8.42 Å². The largest absolute Gasteiger partial charge is 0.321 e. The quantitative estimate of drug-likeness (QED) is 0.569. The van der Waals surface area contributed by atoms with Crippen molar-refractivity contribution in [1.29, 1.82) is 0 Å². The van der Waals surface area contributed by atoms with Crippen LogP contribution in [0.2, 0.25) is 0 Å². The first kappa shape index (κ1) is 12.7. The molecule has 0 atom stereocenters. The van der Waals surface area contributed by atoms with Crippen molar-refractivity contribution in [2.45, 2.75) is 11.9 Å². The summed E-state index contributed by atoms with van der Waals surface area (Å²) in [6.07, 6.45) is 2.96. The molecular weight excluding hydrogens is 274 g/mol. The number of nitrogens with one attached hydrogen (secondary N) is 2. The van der Waals surface area contributed by atoms with E-state index in [1.807, 2.05) is 6.92 Å².